The van der Waals surface area contributed by atoms with E-state index in [1.807, 2.05) is 38.1 Å². The van der Waals surface area contributed by atoms with Crippen molar-refractivity contribution in [2.75, 3.05) is 17.6 Å². The van der Waals surface area contributed by atoms with E-state index in [0.29, 0.717) is 29.4 Å². The van der Waals surface area contributed by atoms with Gasteiger partial charge in [0, 0.05) is 35.2 Å². The molecule has 1 saturated carbocycles. The molecule has 0 spiro atoms. The standard InChI is InChI=1S/C22H23N5O2/c1-3-24-21(28)14-6-7-16(12(2)8-14)18-9-15-10-19(27-22(29)13-4-5-13)25-11-17(15)20(23)26-18/h6-11,13H,3-5H2,1-2H3,(H2,23,26)(H,24,28)(H,25,27,29). The van der Waals surface area contributed by atoms with Crippen LogP contribution >= 0.6 is 0 Å². The molecule has 1 aliphatic carbocycles. The quantitative estimate of drug-likeness (QED) is 0.620. The number of nitrogen functional groups attached to an aromatic ring is 1. The van der Waals surface area contributed by atoms with E-state index in [1.54, 1.807) is 12.3 Å². The van der Waals surface area contributed by atoms with Gasteiger partial charge in [-0.25, -0.2) is 9.97 Å². The lowest BCUT2D eigenvalue weighted by Gasteiger charge is -2.11. The highest BCUT2D eigenvalue weighted by Crippen LogP contribution is 2.32. The molecular formula is C22H23N5O2. The molecule has 4 N–H and O–H groups in total. The molecule has 0 radical (unpaired) electrons. The highest BCUT2D eigenvalue weighted by atomic mass is 16.2. The third-order valence-electron chi connectivity index (χ3n) is 5.05. The van der Waals surface area contributed by atoms with E-state index in [-0.39, 0.29) is 17.7 Å². The van der Waals surface area contributed by atoms with Crippen molar-refractivity contribution in [1.82, 2.24) is 15.3 Å². The summed E-state index contributed by atoms with van der Waals surface area (Å²) in [4.78, 5) is 32.9. The fraction of sp³-hybridized carbons (Fsp3) is 0.273. The number of fused-ring (bicyclic) bond motifs is 1. The molecule has 0 bridgehead atoms. The summed E-state index contributed by atoms with van der Waals surface area (Å²) >= 11 is 0. The van der Waals surface area contributed by atoms with E-state index in [0.717, 1.165) is 34.7 Å². The molecule has 2 aromatic heterocycles. The molecule has 2 heterocycles. The second kappa shape index (κ2) is 7.50. The van der Waals surface area contributed by atoms with Crippen LogP contribution in [0.1, 0.15) is 35.7 Å². The van der Waals surface area contributed by atoms with E-state index in [9.17, 15) is 9.59 Å². The predicted molar refractivity (Wildman–Crippen MR) is 113 cm³/mol. The van der Waals surface area contributed by atoms with Gasteiger partial charge in [0.25, 0.3) is 5.91 Å². The Hall–Kier alpha value is -3.48. The third kappa shape index (κ3) is 3.89. The molecule has 0 aliphatic heterocycles. The molecule has 29 heavy (non-hydrogen) atoms. The number of nitrogens with zero attached hydrogens (tertiary/aromatic N) is 2. The summed E-state index contributed by atoms with van der Waals surface area (Å²) in [5.41, 5.74) is 9.31. The number of carbonyl (C=O) groups excluding carboxylic acids is 2. The van der Waals surface area contributed by atoms with Gasteiger partial charge in [0.05, 0.1) is 5.69 Å². The van der Waals surface area contributed by atoms with Crippen LogP contribution in [0.5, 0.6) is 0 Å². The van der Waals surface area contributed by atoms with E-state index < -0.39 is 0 Å². The lowest BCUT2D eigenvalue weighted by molar-refractivity contribution is -0.117. The summed E-state index contributed by atoms with van der Waals surface area (Å²) in [5.74, 6) is 0.898. The van der Waals surface area contributed by atoms with Gasteiger partial charge < -0.3 is 16.4 Å². The van der Waals surface area contributed by atoms with Gasteiger partial charge in [-0.1, -0.05) is 6.07 Å². The third-order valence-corrected chi connectivity index (χ3v) is 5.05. The second-order valence-electron chi connectivity index (χ2n) is 7.34. The Bertz CT molecular complexity index is 1120. The minimum atomic E-state index is -0.102. The highest BCUT2D eigenvalue weighted by Gasteiger charge is 2.29. The Labute approximate surface area is 168 Å². The number of anilines is 2. The summed E-state index contributed by atoms with van der Waals surface area (Å²) < 4.78 is 0. The Morgan fingerprint density at radius 2 is 2.00 bits per heavy atom. The number of benzene rings is 1. The van der Waals surface area contributed by atoms with E-state index in [4.69, 9.17) is 5.73 Å². The first-order chi connectivity index (χ1) is 14.0. The lowest BCUT2D eigenvalue weighted by atomic mass is 10.0. The van der Waals surface area contributed by atoms with Gasteiger partial charge in [0.2, 0.25) is 5.91 Å². The van der Waals surface area contributed by atoms with Crippen molar-refractivity contribution in [3.8, 4) is 11.3 Å². The summed E-state index contributed by atoms with van der Waals surface area (Å²) in [5, 5.41) is 7.24. The van der Waals surface area contributed by atoms with Gasteiger partial charge in [-0.05, 0) is 61.9 Å². The van der Waals surface area contributed by atoms with Gasteiger partial charge in [0.1, 0.15) is 11.6 Å². The highest BCUT2D eigenvalue weighted by molar-refractivity contribution is 5.99. The number of carbonyl (C=O) groups is 2. The van der Waals surface area contributed by atoms with Crippen molar-refractivity contribution in [3.63, 3.8) is 0 Å². The molecule has 148 valence electrons. The minimum Gasteiger partial charge on any atom is -0.383 e. The van der Waals surface area contributed by atoms with Crippen molar-refractivity contribution in [3.05, 3.63) is 47.7 Å². The number of nitrogens with two attached hydrogens (primary N) is 1. The van der Waals surface area contributed by atoms with E-state index >= 15 is 0 Å². The van der Waals surface area contributed by atoms with Crippen molar-refractivity contribution < 1.29 is 9.59 Å². The van der Waals surface area contributed by atoms with Crippen LogP contribution in [0.3, 0.4) is 0 Å². The van der Waals surface area contributed by atoms with Crippen molar-refractivity contribution in [1.29, 1.82) is 0 Å². The smallest absolute Gasteiger partial charge is 0.251 e. The first-order valence-corrected chi connectivity index (χ1v) is 9.72. The van der Waals surface area contributed by atoms with Gasteiger partial charge >= 0.3 is 0 Å². The maximum absolute atomic E-state index is 12.1. The molecule has 0 saturated heterocycles. The number of amides is 2. The number of aryl methyl sites for hydroxylation is 1. The molecule has 2 amide bonds. The Morgan fingerprint density at radius 1 is 1.21 bits per heavy atom. The van der Waals surface area contributed by atoms with Gasteiger partial charge in [-0.15, -0.1) is 0 Å². The van der Waals surface area contributed by atoms with Crippen molar-refractivity contribution in [2.24, 2.45) is 5.92 Å². The molecular weight excluding hydrogens is 366 g/mol. The summed E-state index contributed by atoms with van der Waals surface area (Å²) in [6, 6.07) is 9.24. The molecule has 3 aromatic rings. The molecule has 4 rings (SSSR count). The van der Waals surface area contributed by atoms with Crippen LogP contribution in [0.15, 0.2) is 36.5 Å². The van der Waals surface area contributed by atoms with Gasteiger partial charge in [-0.2, -0.15) is 0 Å². The average molecular weight is 389 g/mol. The minimum absolute atomic E-state index is 0.0101. The van der Waals surface area contributed by atoms with E-state index in [2.05, 4.69) is 20.6 Å². The number of aromatic nitrogens is 2. The zero-order valence-electron chi connectivity index (χ0n) is 16.5. The number of hydrogen-bond donors (Lipinski definition) is 3. The molecule has 0 atom stereocenters. The van der Waals surface area contributed by atoms with E-state index in [1.165, 1.54) is 0 Å². The number of rotatable bonds is 5. The normalized spacial score (nSPS) is 13.3. The van der Waals surface area contributed by atoms with Crippen LogP contribution < -0.4 is 16.4 Å². The number of hydrogen-bond acceptors (Lipinski definition) is 5. The fourth-order valence-electron chi connectivity index (χ4n) is 3.31. The molecule has 1 aromatic carbocycles. The monoisotopic (exact) mass is 389 g/mol. The molecule has 7 nitrogen and oxygen atoms in total. The van der Waals surface area contributed by atoms with Crippen LogP contribution in [0, 0.1) is 12.8 Å². The predicted octanol–water partition coefficient (Wildman–Crippen LogP) is 3.29. The zero-order valence-corrected chi connectivity index (χ0v) is 16.5. The molecule has 7 heteroatoms. The Morgan fingerprint density at radius 3 is 2.69 bits per heavy atom. The van der Waals surface area contributed by atoms with Crippen molar-refractivity contribution >= 4 is 34.2 Å². The first kappa shape index (κ1) is 18.9. The Kier molecular flexibility index (Phi) is 4.88. The topological polar surface area (TPSA) is 110 Å². The van der Waals surface area contributed by atoms with Crippen LogP contribution in [0.25, 0.3) is 22.0 Å². The molecule has 1 aliphatic rings. The lowest BCUT2D eigenvalue weighted by Crippen LogP contribution is -2.22. The van der Waals surface area contributed by atoms with Crippen LogP contribution in [0.2, 0.25) is 0 Å². The van der Waals surface area contributed by atoms with Crippen LogP contribution in [-0.2, 0) is 4.79 Å². The van der Waals surface area contributed by atoms with Gasteiger partial charge in [0.15, 0.2) is 0 Å². The Balaban J connectivity index is 1.69. The number of nitrogens with one attached hydrogen (secondary N) is 2. The maximum Gasteiger partial charge on any atom is 0.251 e. The zero-order chi connectivity index (χ0) is 20.5. The van der Waals surface area contributed by atoms with Gasteiger partial charge in [-0.3, -0.25) is 9.59 Å². The fourth-order valence-corrected chi connectivity index (χ4v) is 3.31. The molecule has 1 fully saturated rings. The first-order valence-electron chi connectivity index (χ1n) is 9.72. The second-order valence-corrected chi connectivity index (χ2v) is 7.34. The average Bonchev–Trinajstić information content (AvgIpc) is 3.53. The van der Waals surface area contributed by atoms with Crippen molar-refractivity contribution in [2.45, 2.75) is 26.7 Å². The molecule has 0 unspecified atom stereocenters. The summed E-state index contributed by atoms with van der Waals surface area (Å²) in [6.45, 7) is 4.40. The largest absolute Gasteiger partial charge is 0.383 e. The SMILES string of the molecule is CCNC(=O)c1ccc(-c2cc3cc(NC(=O)C4CC4)ncc3c(N)n2)c(C)c1. The summed E-state index contributed by atoms with van der Waals surface area (Å²) in [7, 11) is 0. The maximum atomic E-state index is 12.1. The van der Waals surface area contributed by atoms with Crippen LogP contribution in [-0.4, -0.2) is 28.3 Å². The van der Waals surface area contributed by atoms with Crippen LogP contribution in [0.4, 0.5) is 11.6 Å². The summed E-state index contributed by atoms with van der Waals surface area (Å²) in [6.07, 6.45) is 3.51. The number of pyridine rings is 2.